The molecule has 1 aromatic heterocycles. The van der Waals surface area contributed by atoms with Crippen LogP contribution < -0.4 is 5.32 Å². The Morgan fingerprint density at radius 3 is 2.54 bits per heavy atom. The van der Waals surface area contributed by atoms with E-state index in [0.717, 1.165) is 23.4 Å². The van der Waals surface area contributed by atoms with E-state index in [-0.39, 0.29) is 10.5 Å². The first-order chi connectivity index (χ1) is 11.4. The fraction of sp³-hybridized carbons (Fsp3) is 0.0625. The molecule has 1 amide bonds. The molecule has 0 radical (unpaired) electrons. The Morgan fingerprint density at radius 1 is 1.08 bits per heavy atom. The maximum absolute atomic E-state index is 12.3. The maximum atomic E-state index is 12.3. The molecule has 3 rings (SSSR count). The first-order valence-corrected chi connectivity index (χ1v) is 9.60. The van der Waals surface area contributed by atoms with Gasteiger partial charge in [-0.3, -0.25) is 10.1 Å². The second-order valence-corrected chi connectivity index (χ2v) is 7.81. The molecule has 0 fully saturated rings. The van der Waals surface area contributed by atoms with Crippen LogP contribution in [0.15, 0.2) is 59.5 Å². The minimum absolute atomic E-state index is 0.0948. The molecule has 3 aromatic rings. The largest absolute Gasteiger partial charge is 0.297 e. The zero-order valence-corrected chi connectivity index (χ0v) is 14.3. The van der Waals surface area contributed by atoms with Crippen molar-refractivity contribution in [3.05, 3.63) is 60.2 Å². The van der Waals surface area contributed by atoms with Crippen molar-refractivity contribution in [1.29, 1.82) is 0 Å². The summed E-state index contributed by atoms with van der Waals surface area (Å²) < 4.78 is 27.4. The van der Waals surface area contributed by atoms with E-state index in [4.69, 9.17) is 0 Å². The predicted octanol–water partition coefficient (Wildman–Crippen LogP) is 2.86. The van der Waals surface area contributed by atoms with Crippen LogP contribution in [-0.2, 0) is 9.84 Å². The Kier molecular flexibility index (Phi) is 4.41. The van der Waals surface area contributed by atoms with Crippen molar-refractivity contribution in [3.8, 4) is 11.4 Å². The lowest BCUT2D eigenvalue weighted by atomic mass is 10.2. The average molecular weight is 359 g/mol. The number of sulfone groups is 1. The number of aromatic nitrogens is 2. The molecular formula is C16H13N3O3S2. The van der Waals surface area contributed by atoms with Gasteiger partial charge in [-0.25, -0.2) is 8.42 Å². The Balaban J connectivity index is 1.80. The van der Waals surface area contributed by atoms with Crippen LogP contribution >= 0.6 is 11.5 Å². The van der Waals surface area contributed by atoms with E-state index in [1.165, 1.54) is 18.2 Å². The first kappa shape index (κ1) is 16.3. The summed E-state index contributed by atoms with van der Waals surface area (Å²) in [5, 5.41) is 2.99. The van der Waals surface area contributed by atoms with Gasteiger partial charge in [0.05, 0.1) is 4.90 Å². The second-order valence-electron chi connectivity index (χ2n) is 5.04. The van der Waals surface area contributed by atoms with E-state index in [2.05, 4.69) is 14.7 Å². The van der Waals surface area contributed by atoms with Crippen LogP contribution in [-0.4, -0.2) is 29.9 Å². The zero-order valence-electron chi connectivity index (χ0n) is 12.6. The van der Waals surface area contributed by atoms with Gasteiger partial charge < -0.3 is 0 Å². The average Bonchev–Trinajstić information content (AvgIpc) is 3.03. The molecule has 2 aromatic carbocycles. The molecule has 0 bridgehead atoms. The molecular weight excluding hydrogens is 346 g/mol. The minimum atomic E-state index is -3.37. The Labute approximate surface area is 143 Å². The van der Waals surface area contributed by atoms with Crippen LogP contribution in [0.3, 0.4) is 0 Å². The summed E-state index contributed by atoms with van der Waals surface area (Å²) in [7, 11) is -3.37. The summed E-state index contributed by atoms with van der Waals surface area (Å²) in [6, 6.07) is 15.3. The number of amides is 1. The zero-order chi connectivity index (χ0) is 17.2. The monoisotopic (exact) mass is 359 g/mol. The third kappa shape index (κ3) is 3.66. The highest BCUT2D eigenvalue weighted by Gasteiger charge is 2.14. The van der Waals surface area contributed by atoms with Crippen LogP contribution in [0.1, 0.15) is 10.4 Å². The summed E-state index contributed by atoms with van der Waals surface area (Å²) in [6.45, 7) is 0. The third-order valence-corrected chi connectivity index (χ3v) is 4.94. The maximum Gasteiger partial charge on any atom is 0.257 e. The summed E-state index contributed by atoms with van der Waals surface area (Å²) in [4.78, 5) is 16.6. The highest BCUT2D eigenvalue weighted by Crippen LogP contribution is 2.21. The summed E-state index contributed by atoms with van der Waals surface area (Å²) in [6.07, 6.45) is 1.10. The van der Waals surface area contributed by atoms with Crippen molar-refractivity contribution >= 4 is 32.4 Å². The molecule has 8 heteroatoms. The molecule has 0 aliphatic heterocycles. The SMILES string of the molecule is CS(=O)(=O)c1cccc(C(=O)Nc2nc(-c3ccccc3)ns2)c1. The van der Waals surface area contributed by atoms with E-state index < -0.39 is 15.7 Å². The topological polar surface area (TPSA) is 89.0 Å². The number of nitrogens with one attached hydrogen (secondary N) is 1. The fourth-order valence-corrected chi connectivity index (χ4v) is 3.27. The number of carbonyl (C=O) groups excluding carboxylic acids is 1. The second kappa shape index (κ2) is 6.50. The van der Waals surface area contributed by atoms with Crippen LogP contribution in [0.2, 0.25) is 0 Å². The van der Waals surface area contributed by atoms with Crippen LogP contribution in [0.25, 0.3) is 11.4 Å². The van der Waals surface area contributed by atoms with Crippen molar-refractivity contribution < 1.29 is 13.2 Å². The summed E-state index contributed by atoms with van der Waals surface area (Å²) in [5.74, 6) is 0.0945. The standard InChI is InChI=1S/C16H13N3O3S2/c1-24(21,22)13-9-5-8-12(10-13)15(20)18-16-17-14(19-23-16)11-6-3-2-4-7-11/h2-10H,1H3,(H,17,18,19,20). The molecule has 0 aliphatic rings. The molecule has 0 saturated heterocycles. The van der Waals surface area contributed by atoms with Crippen molar-refractivity contribution in [2.45, 2.75) is 4.90 Å². The lowest BCUT2D eigenvalue weighted by Gasteiger charge is -2.03. The van der Waals surface area contributed by atoms with Crippen molar-refractivity contribution in [2.24, 2.45) is 0 Å². The quantitative estimate of drug-likeness (QED) is 0.774. The van der Waals surface area contributed by atoms with Crippen LogP contribution in [0.4, 0.5) is 5.13 Å². The van der Waals surface area contributed by atoms with E-state index in [1.54, 1.807) is 6.07 Å². The highest BCUT2D eigenvalue weighted by molar-refractivity contribution is 7.90. The normalized spacial score (nSPS) is 11.2. The van der Waals surface area contributed by atoms with Crippen molar-refractivity contribution in [2.75, 3.05) is 11.6 Å². The number of anilines is 1. The van der Waals surface area contributed by atoms with Gasteiger partial charge in [0, 0.05) is 28.9 Å². The van der Waals surface area contributed by atoms with E-state index in [1.807, 2.05) is 30.3 Å². The van der Waals surface area contributed by atoms with Gasteiger partial charge in [-0.05, 0) is 18.2 Å². The van der Waals surface area contributed by atoms with E-state index in [9.17, 15) is 13.2 Å². The van der Waals surface area contributed by atoms with Crippen molar-refractivity contribution in [1.82, 2.24) is 9.36 Å². The van der Waals surface area contributed by atoms with Gasteiger partial charge >= 0.3 is 0 Å². The van der Waals surface area contributed by atoms with Gasteiger partial charge in [-0.2, -0.15) is 9.36 Å². The van der Waals surface area contributed by atoms with Crippen molar-refractivity contribution in [3.63, 3.8) is 0 Å². The molecule has 0 saturated carbocycles. The lowest BCUT2D eigenvalue weighted by Crippen LogP contribution is -2.12. The molecule has 0 spiro atoms. The lowest BCUT2D eigenvalue weighted by molar-refractivity contribution is 0.102. The number of carbonyl (C=O) groups is 1. The number of hydrogen-bond acceptors (Lipinski definition) is 6. The van der Waals surface area contributed by atoms with Crippen LogP contribution in [0.5, 0.6) is 0 Å². The molecule has 6 nitrogen and oxygen atoms in total. The van der Waals surface area contributed by atoms with Gasteiger partial charge in [0.1, 0.15) is 0 Å². The number of nitrogens with zero attached hydrogens (tertiary/aromatic N) is 2. The summed E-state index contributed by atoms with van der Waals surface area (Å²) >= 11 is 1.07. The van der Waals surface area contributed by atoms with Crippen LogP contribution in [0, 0.1) is 0 Å². The fourth-order valence-electron chi connectivity index (χ4n) is 2.02. The molecule has 24 heavy (non-hydrogen) atoms. The first-order valence-electron chi connectivity index (χ1n) is 6.94. The van der Waals surface area contributed by atoms with Gasteiger partial charge in [-0.15, -0.1) is 0 Å². The number of hydrogen-bond donors (Lipinski definition) is 1. The van der Waals surface area contributed by atoms with Gasteiger partial charge in [0.25, 0.3) is 5.91 Å². The molecule has 1 N–H and O–H groups in total. The van der Waals surface area contributed by atoms with Gasteiger partial charge in [-0.1, -0.05) is 36.4 Å². The Hall–Kier alpha value is -2.58. The van der Waals surface area contributed by atoms with Gasteiger partial charge in [0.2, 0.25) is 5.13 Å². The van der Waals surface area contributed by atoms with Gasteiger partial charge in [0.15, 0.2) is 15.7 Å². The predicted molar refractivity (Wildman–Crippen MR) is 92.9 cm³/mol. The Bertz CT molecular complexity index is 983. The molecule has 0 unspecified atom stereocenters. The molecule has 1 heterocycles. The Morgan fingerprint density at radius 2 is 1.83 bits per heavy atom. The third-order valence-electron chi connectivity index (χ3n) is 3.20. The van der Waals surface area contributed by atoms with E-state index in [0.29, 0.717) is 11.0 Å². The number of rotatable bonds is 4. The highest BCUT2D eigenvalue weighted by atomic mass is 32.2. The molecule has 0 atom stereocenters. The molecule has 122 valence electrons. The number of benzene rings is 2. The minimum Gasteiger partial charge on any atom is -0.297 e. The smallest absolute Gasteiger partial charge is 0.257 e. The molecule has 0 aliphatic carbocycles. The summed E-state index contributed by atoms with van der Waals surface area (Å²) in [5.41, 5.74) is 1.10. The van der Waals surface area contributed by atoms with E-state index >= 15 is 0 Å².